The van der Waals surface area contributed by atoms with Gasteiger partial charge < -0.3 is 10.6 Å². The van der Waals surface area contributed by atoms with Gasteiger partial charge in [0.05, 0.1) is 6.54 Å². The minimum atomic E-state index is 0.208. The Bertz CT molecular complexity index is 269. The van der Waals surface area contributed by atoms with Crippen molar-refractivity contribution in [3.63, 3.8) is 0 Å². The zero-order chi connectivity index (χ0) is 13.5. The van der Waals surface area contributed by atoms with Gasteiger partial charge in [-0.25, -0.2) is 0 Å². The van der Waals surface area contributed by atoms with Crippen LogP contribution in [-0.2, 0) is 4.79 Å². The van der Waals surface area contributed by atoms with Gasteiger partial charge in [-0.2, -0.15) is 0 Å². The summed E-state index contributed by atoms with van der Waals surface area (Å²) >= 11 is 0. The van der Waals surface area contributed by atoms with Crippen molar-refractivity contribution in [3.8, 4) is 0 Å². The van der Waals surface area contributed by atoms with E-state index in [9.17, 15) is 4.79 Å². The van der Waals surface area contributed by atoms with E-state index in [2.05, 4.69) is 22.6 Å². The van der Waals surface area contributed by atoms with E-state index in [-0.39, 0.29) is 5.91 Å². The second-order valence-corrected chi connectivity index (χ2v) is 6.17. The summed E-state index contributed by atoms with van der Waals surface area (Å²) in [6.45, 7) is 2.69. The van der Waals surface area contributed by atoms with Crippen LogP contribution in [0.4, 0.5) is 0 Å². The van der Waals surface area contributed by atoms with Crippen LogP contribution in [0.5, 0.6) is 0 Å². The molecule has 1 amide bonds. The van der Waals surface area contributed by atoms with Crippen LogP contribution >= 0.6 is 0 Å². The highest BCUT2D eigenvalue weighted by molar-refractivity contribution is 5.78. The third-order valence-corrected chi connectivity index (χ3v) is 4.51. The molecule has 1 atom stereocenters. The molecule has 2 fully saturated rings. The lowest BCUT2D eigenvalue weighted by atomic mass is 10.1. The highest BCUT2D eigenvalue weighted by Gasteiger charge is 2.21. The zero-order valence-corrected chi connectivity index (χ0v) is 12.3. The molecule has 0 bridgehead atoms. The van der Waals surface area contributed by atoms with Crippen molar-refractivity contribution in [1.82, 2.24) is 15.5 Å². The lowest BCUT2D eigenvalue weighted by Gasteiger charge is -2.31. The van der Waals surface area contributed by atoms with E-state index < -0.39 is 0 Å². The minimum Gasteiger partial charge on any atom is -0.352 e. The van der Waals surface area contributed by atoms with Crippen LogP contribution in [-0.4, -0.2) is 49.6 Å². The van der Waals surface area contributed by atoms with Crippen molar-refractivity contribution in [2.24, 2.45) is 0 Å². The van der Waals surface area contributed by atoms with Crippen LogP contribution in [0.1, 0.15) is 51.4 Å². The fraction of sp³-hybridized carbons (Fsp3) is 0.933. The summed E-state index contributed by atoms with van der Waals surface area (Å²) in [6, 6.07) is 0.946. The topological polar surface area (TPSA) is 44.4 Å². The first kappa shape index (κ1) is 14.8. The van der Waals surface area contributed by atoms with Crippen LogP contribution in [0.15, 0.2) is 0 Å². The molecule has 2 rings (SSSR count). The van der Waals surface area contributed by atoms with Crippen molar-refractivity contribution >= 4 is 5.91 Å². The third-order valence-electron chi connectivity index (χ3n) is 4.51. The number of carbonyl (C=O) groups excluding carboxylic acids is 1. The minimum absolute atomic E-state index is 0.208. The molecular formula is C15H29N3O. The highest BCUT2D eigenvalue weighted by Crippen LogP contribution is 2.17. The van der Waals surface area contributed by atoms with Gasteiger partial charge in [-0.1, -0.05) is 25.7 Å². The molecule has 1 aliphatic carbocycles. The molecule has 1 saturated carbocycles. The molecule has 1 aliphatic heterocycles. The van der Waals surface area contributed by atoms with Gasteiger partial charge >= 0.3 is 0 Å². The van der Waals surface area contributed by atoms with Gasteiger partial charge in [0.2, 0.25) is 5.91 Å². The van der Waals surface area contributed by atoms with Gasteiger partial charge in [0.15, 0.2) is 0 Å². The standard InChI is InChI=1S/C15H29N3O/c1-18(14-9-6-10-16-11-14)12-15(19)17-13-7-4-2-3-5-8-13/h13-14,16H,2-12H2,1H3,(H,17,19). The van der Waals surface area contributed by atoms with Crippen LogP contribution in [0.2, 0.25) is 0 Å². The Morgan fingerprint density at radius 3 is 2.53 bits per heavy atom. The van der Waals surface area contributed by atoms with Crippen LogP contribution < -0.4 is 10.6 Å². The lowest BCUT2D eigenvalue weighted by Crippen LogP contribution is -2.48. The number of nitrogens with zero attached hydrogens (tertiary/aromatic N) is 1. The second kappa shape index (κ2) is 7.85. The molecule has 0 aromatic heterocycles. The lowest BCUT2D eigenvalue weighted by molar-refractivity contribution is -0.123. The fourth-order valence-corrected chi connectivity index (χ4v) is 3.26. The summed E-state index contributed by atoms with van der Waals surface area (Å²) in [5.74, 6) is 0.208. The van der Waals surface area contributed by atoms with Crippen LogP contribution in [0, 0.1) is 0 Å². The monoisotopic (exact) mass is 267 g/mol. The van der Waals surface area contributed by atoms with Crippen molar-refractivity contribution in [1.29, 1.82) is 0 Å². The first-order valence-electron chi connectivity index (χ1n) is 7.96. The highest BCUT2D eigenvalue weighted by atomic mass is 16.2. The Balaban J connectivity index is 1.70. The normalized spacial score (nSPS) is 26.1. The van der Waals surface area contributed by atoms with E-state index in [4.69, 9.17) is 0 Å². The molecule has 0 radical (unpaired) electrons. The quantitative estimate of drug-likeness (QED) is 0.759. The Kier molecular flexibility index (Phi) is 6.11. The van der Waals surface area contributed by atoms with Gasteiger partial charge in [0.1, 0.15) is 0 Å². The van der Waals surface area contributed by atoms with E-state index in [0.717, 1.165) is 13.1 Å². The predicted octanol–water partition coefficient (Wildman–Crippen LogP) is 1.51. The average Bonchev–Trinajstić information content (AvgIpc) is 2.68. The van der Waals surface area contributed by atoms with E-state index in [1.54, 1.807) is 0 Å². The van der Waals surface area contributed by atoms with Crippen molar-refractivity contribution in [3.05, 3.63) is 0 Å². The third kappa shape index (κ3) is 5.11. The Hall–Kier alpha value is -0.610. The van der Waals surface area contributed by atoms with E-state index in [1.165, 1.54) is 51.4 Å². The van der Waals surface area contributed by atoms with Crippen LogP contribution in [0.25, 0.3) is 0 Å². The van der Waals surface area contributed by atoms with Crippen LogP contribution in [0.3, 0.4) is 0 Å². The van der Waals surface area contributed by atoms with Crippen molar-refractivity contribution in [2.75, 3.05) is 26.7 Å². The van der Waals surface area contributed by atoms with E-state index in [0.29, 0.717) is 18.6 Å². The summed E-state index contributed by atoms with van der Waals surface area (Å²) < 4.78 is 0. The maximum absolute atomic E-state index is 12.1. The molecule has 2 N–H and O–H groups in total. The van der Waals surface area contributed by atoms with Gasteiger partial charge in [-0.15, -0.1) is 0 Å². The number of carbonyl (C=O) groups is 1. The Labute approximate surface area is 117 Å². The molecule has 2 aliphatic rings. The molecule has 4 nitrogen and oxygen atoms in total. The molecule has 1 heterocycles. The van der Waals surface area contributed by atoms with Gasteiger partial charge in [0, 0.05) is 18.6 Å². The molecule has 0 spiro atoms. The van der Waals surface area contributed by atoms with Crippen molar-refractivity contribution < 1.29 is 4.79 Å². The molecule has 0 aromatic carbocycles. The first-order valence-corrected chi connectivity index (χ1v) is 7.96. The Morgan fingerprint density at radius 2 is 1.89 bits per heavy atom. The maximum atomic E-state index is 12.1. The molecule has 4 heteroatoms. The molecule has 110 valence electrons. The average molecular weight is 267 g/mol. The van der Waals surface area contributed by atoms with Gasteiger partial charge in [-0.3, -0.25) is 9.69 Å². The summed E-state index contributed by atoms with van der Waals surface area (Å²) in [6.07, 6.45) is 9.97. The van der Waals surface area contributed by atoms with E-state index in [1.807, 2.05) is 0 Å². The number of hydrogen-bond acceptors (Lipinski definition) is 3. The van der Waals surface area contributed by atoms with Crippen molar-refractivity contribution in [2.45, 2.75) is 63.5 Å². The molecular weight excluding hydrogens is 238 g/mol. The summed E-state index contributed by atoms with van der Waals surface area (Å²) in [4.78, 5) is 14.3. The largest absolute Gasteiger partial charge is 0.352 e. The van der Waals surface area contributed by atoms with Gasteiger partial charge in [-0.05, 0) is 39.3 Å². The summed E-state index contributed by atoms with van der Waals surface area (Å²) in [7, 11) is 2.07. The van der Waals surface area contributed by atoms with Gasteiger partial charge in [0.25, 0.3) is 0 Å². The summed E-state index contributed by atoms with van der Waals surface area (Å²) in [5.41, 5.74) is 0. The SMILES string of the molecule is CN(CC(=O)NC1CCCCCC1)C1CCCNC1. The smallest absolute Gasteiger partial charge is 0.234 e. The first-order chi connectivity index (χ1) is 9.25. The number of piperidine rings is 1. The molecule has 1 unspecified atom stereocenters. The van der Waals surface area contributed by atoms with E-state index >= 15 is 0 Å². The number of amides is 1. The number of hydrogen-bond donors (Lipinski definition) is 2. The predicted molar refractivity (Wildman–Crippen MR) is 78.2 cm³/mol. The molecule has 1 saturated heterocycles. The maximum Gasteiger partial charge on any atom is 0.234 e. The second-order valence-electron chi connectivity index (χ2n) is 6.17. The summed E-state index contributed by atoms with van der Waals surface area (Å²) in [5, 5.41) is 6.63. The zero-order valence-electron chi connectivity index (χ0n) is 12.3. The molecule has 19 heavy (non-hydrogen) atoms. The fourth-order valence-electron chi connectivity index (χ4n) is 3.26. The number of rotatable bonds is 4. The Morgan fingerprint density at radius 1 is 1.16 bits per heavy atom. The number of nitrogens with one attached hydrogen (secondary N) is 2. The molecule has 0 aromatic rings. The number of likely N-dealkylation sites (N-methyl/N-ethyl adjacent to an activating group) is 1.